The Bertz CT molecular complexity index is 526. The summed E-state index contributed by atoms with van der Waals surface area (Å²) >= 11 is 0. The number of rotatable bonds is 4. The molecule has 0 radical (unpaired) electrons. The van der Waals surface area contributed by atoms with Crippen molar-refractivity contribution < 1.29 is 4.79 Å². The van der Waals surface area contributed by atoms with Crippen molar-refractivity contribution in [2.45, 2.75) is 40.2 Å². The Hall–Kier alpha value is -1.79. The minimum absolute atomic E-state index is 0.0794. The lowest BCUT2D eigenvalue weighted by atomic mass is 10.0. The molecule has 1 amide bonds. The molecule has 0 saturated heterocycles. The standard InChI is InChI=1S/C17H24N2O/c1-5-13(3)19(6-2)17(20)16-11-7-9-15(14(16)4)10-8-12-18/h7,9,11,13H,5-6,12,18H2,1-4H3. The van der Waals surface area contributed by atoms with E-state index in [1.54, 1.807) is 0 Å². The SMILES string of the molecule is CCC(C)N(CC)C(=O)c1cccc(C#CCN)c1C. The highest BCUT2D eigenvalue weighted by molar-refractivity contribution is 5.96. The average Bonchev–Trinajstić information content (AvgIpc) is 2.46. The lowest BCUT2D eigenvalue weighted by molar-refractivity contribution is 0.0699. The second kappa shape index (κ2) is 7.72. The molecule has 3 nitrogen and oxygen atoms in total. The van der Waals surface area contributed by atoms with Gasteiger partial charge in [-0.2, -0.15) is 0 Å². The van der Waals surface area contributed by atoms with Gasteiger partial charge in [-0.05, 0) is 44.9 Å². The predicted octanol–water partition coefficient (Wildman–Crippen LogP) is 2.57. The zero-order valence-corrected chi connectivity index (χ0v) is 12.9. The van der Waals surface area contributed by atoms with Gasteiger partial charge in [0.2, 0.25) is 0 Å². The maximum atomic E-state index is 12.7. The Labute approximate surface area is 122 Å². The van der Waals surface area contributed by atoms with Crippen LogP contribution in [0.5, 0.6) is 0 Å². The monoisotopic (exact) mass is 272 g/mol. The Morgan fingerprint density at radius 2 is 2.10 bits per heavy atom. The predicted molar refractivity (Wildman–Crippen MR) is 83.6 cm³/mol. The van der Waals surface area contributed by atoms with Crippen molar-refractivity contribution in [2.75, 3.05) is 13.1 Å². The zero-order chi connectivity index (χ0) is 15.1. The number of hydrogen-bond donors (Lipinski definition) is 1. The van der Waals surface area contributed by atoms with Crippen LogP contribution in [0.3, 0.4) is 0 Å². The summed E-state index contributed by atoms with van der Waals surface area (Å²) in [4.78, 5) is 14.6. The van der Waals surface area contributed by atoms with E-state index in [4.69, 9.17) is 5.73 Å². The van der Waals surface area contributed by atoms with Gasteiger partial charge in [-0.15, -0.1) is 0 Å². The Balaban J connectivity index is 3.16. The molecule has 0 saturated carbocycles. The summed E-state index contributed by atoms with van der Waals surface area (Å²) in [6.45, 7) is 9.17. The second-order valence-corrected chi connectivity index (χ2v) is 4.83. The summed E-state index contributed by atoms with van der Waals surface area (Å²) in [5, 5.41) is 0. The molecular formula is C17H24N2O. The first-order valence-electron chi connectivity index (χ1n) is 7.16. The minimum Gasteiger partial charge on any atom is -0.336 e. The van der Waals surface area contributed by atoms with Crippen molar-refractivity contribution in [3.05, 3.63) is 34.9 Å². The van der Waals surface area contributed by atoms with E-state index in [0.717, 1.165) is 23.1 Å². The fourth-order valence-corrected chi connectivity index (χ4v) is 2.18. The third-order valence-corrected chi connectivity index (χ3v) is 3.61. The van der Waals surface area contributed by atoms with Crippen LogP contribution >= 0.6 is 0 Å². The first-order chi connectivity index (χ1) is 9.56. The fourth-order valence-electron chi connectivity index (χ4n) is 2.18. The van der Waals surface area contributed by atoms with Crippen molar-refractivity contribution in [3.8, 4) is 11.8 Å². The van der Waals surface area contributed by atoms with E-state index in [-0.39, 0.29) is 11.9 Å². The fraction of sp³-hybridized carbons (Fsp3) is 0.471. The smallest absolute Gasteiger partial charge is 0.254 e. The molecule has 108 valence electrons. The Morgan fingerprint density at radius 1 is 1.40 bits per heavy atom. The summed E-state index contributed by atoms with van der Waals surface area (Å²) < 4.78 is 0. The highest BCUT2D eigenvalue weighted by Gasteiger charge is 2.20. The molecule has 1 aromatic rings. The zero-order valence-electron chi connectivity index (χ0n) is 12.9. The lowest BCUT2D eigenvalue weighted by Crippen LogP contribution is -2.38. The number of hydrogen-bond acceptors (Lipinski definition) is 2. The van der Waals surface area contributed by atoms with Crippen LogP contribution in [0.15, 0.2) is 18.2 Å². The normalized spacial score (nSPS) is 11.4. The molecular weight excluding hydrogens is 248 g/mol. The van der Waals surface area contributed by atoms with Gasteiger partial charge in [0.15, 0.2) is 0 Å². The third kappa shape index (κ3) is 3.61. The molecule has 1 aromatic carbocycles. The minimum atomic E-state index is 0.0794. The number of amides is 1. The van der Waals surface area contributed by atoms with Crippen LogP contribution in [0.2, 0.25) is 0 Å². The van der Waals surface area contributed by atoms with Gasteiger partial charge in [0.05, 0.1) is 6.54 Å². The number of benzene rings is 1. The maximum Gasteiger partial charge on any atom is 0.254 e. The molecule has 0 aliphatic carbocycles. The van der Waals surface area contributed by atoms with E-state index in [0.29, 0.717) is 13.1 Å². The van der Waals surface area contributed by atoms with Crippen molar-refractivity contribution in [2.24, 2.45) is 5.73 Å². The van der Waals surface area contributed by atoms with Crippen LogP contribution < -0.4 is 5.73 Å². The Kier molecular flexibility index (Phi) is 6.27. The molecule has 0 bridgehead atoms. The molecule has 0 spiro atoms. The molecule has 2 N–H and O–H groups in total. The summed E-state index contributed by atoms with van der Waals surface area (Å²) in [6, 6.07) is 5.92. The molecule has 3 heteroatoms. The summed E-state index contributed by atoms with van der Waals surface area (Å²) in [5.74, 6) is 5.94. The lowest BCUT2D eigenvalue weighted by Gasteiger charge is -2.28. The molecule has 0 aromatic heterocycles. The van der Waals surface area contributed by atoms with Crippen molar-refractivity contribution in [1.29, 1.82) is 0 Å². The van der Waals surface area contributed by atoms with Crippen LogP contribution in [0, 0.1) is 18.8 Å². The van der Waals surface area contributed by atoms with Gasteiger partial charge < -0.3 is 10.6 Å². The molecule has 0 aliphatic rings. The molecule has 20 heavy (non-hydrogen) atoms. The highest BCUT2D eigenvalue weighted by Crippen LogP contribution is 2.17. The van der Waals surface area contributed by atoms with E-state index in [9.17, 15) is 4.79 Å². The molecule has 1 rings (SSSR count). The van der Waals surface area contributed by atoms with Crippen LogP contribution in [0.25, 0.3) is 0 Å². The summed E-state index contributed by atoms with van der Waals surface area (Å²) in [7, 11) is 0. The number of nitrogens with two attached hydrogens (primary N) is 1. The average molecular weight is 272 g/mol. The molecule has 0 heterocycles. The first kappa shape index (κ1) is 16.3. The topological polar surface area (TPSA) is 46.3 Å². The molecule has 1 unspecified atom stereocenters. The van der Waals surface area contributed by atoms with E-state index < -0.39 is 0 Å². The highest BCUT2D eigenvalue weighted by atomic mass is 16.2. The molecule has 1 atom stereocenters. The second-order valence-electron chi connectivity index (χ2n) is 4.83. The third-order valence-electron chi connectivity index (χ3n) is 3.61. The van der Waals surface area contributed by atoms with Crippen molar-refractivity contribution in [1.82, 2.24) is 4.90 Å². The largest absolute Gasteiger partial charge is 0.336 e. The van der Waals surface area contributed by atoms with Gasteiger partial charge in [0.1, 0.15) is 0 Å². The van der Waals surface area contributed by atoms with E-state index in [2.05, 4.69) is 25.7 Å². The van der Waals surface area contributed by atoms with Crippen LogP contribution in [-0.2, 0) is 0 Å². The van der Waals surface area contributed by atoms with Gasteiger partial charge >= 0.3 is 0 Å². The van der Waals surface area contributed by atoms with Gasteiger partial charge in [0, 0.05) is 23.7 Å². The van der Waals surface area contributed by atoms with Gasteiger partial charge in [-0.3, -0.25) is 4.79 Å². The van der Waals surface area contributed by atoms with Crippen molar-refractivity contribution in [3.63, 3.8) is 0 Å². The quantitative estimate of drug-likeness (QED) is 0.856. The number of carbonyl (C=O) groups is 1. The number of carbonyl (C=O) groups excluding carboxylic acids is 1. The summed E-state index contributed by atoms with van der Waals surface area (Å²) in [5.41, 5.74) is 7.94. The van der Waals surface area contributed by atoms with Crippen LogP contribution in [-0.4, -0.2) is 29.9 Å². The first-order valence-corrected chi connectivity index (χ1v) is 7.16. The van der Waals surface area contributed by atoms with Crippen molar-refractivity contribution >= 4 is 5.91 Å². The van der Waals surface area contributed by atoms with Gasteiger partial charge in [-0.1, -0.05) is 24.8 Å². The summed E-state index contributed by atoms with van der Waals surface area (Å²) in [6.07, 6.45) is 0.950. The Morgan fingerprint density at radius 3 is 2.65 bits per heavy atom. The molecule has 0 aliphatic heterocycles. The van der Waals surface area contributed by atoms with Crippen LogP contribution in [0.1, 0.15) is 48.7 Å². The maximum absolute atomic E-state index is 12.7. The number of nitrogens with zero attached hydrogens (tertiary/aromatic N) is 1. The van der Waals surface area contributed by atoms with Gasteiger partial charge in [0.25, 0.3) is 5.91 Å². The van der Waals surface area contributed by atoms with E-state index >= 15 is 0 Å². The van der Waals surface area contributed by atoms with E-state index in [1.807, 2.05) is 36.9 Å². The van der Waals surface area contributed by atoms with Gasteiger partial charge in [-0.25, -0.2) is 0 Å². The van der Waals surface area contributed by atoms with E-state index in [1.165, 1.54) is 0 Å². The molecule has 0 fully saturated rings. The van der Waals surface area contributed by atoms with Crippen LogP contribution in [0.4, 0.5) is 0 Å².